The van der Waals surface area contributed by atoms with E-state index in [2.05, 4.69) is 16.0 Å². The predicted octanol–water partition coefficient (Wildman–Crippen LogP) is 0.180. The van der Waals surface area contributed by atoms with Crippen molar-refractivity contribution in [3.8, 4) is 0 Å². The fourth-order valence-electron chi connectivity index (χ4n) is 4.62. The molecule has 1 aromatic heterocycles. The molecule has 0 radical (unpaired) electrons. The Morgan fingerprint density at radius 2 is 1.65 bits per heavy atom. The number of fused-ring (bicyclic) bond motifs is 1. The normalized spacial score (nSPS) is 18.9. The van der Waals surface area contributed by atoms with Crippen molar-refractivity contribution in [1.82, 2.24) is 9.66 Å². The topological polar surface area (TPSA) is 80.1 Å². The highest BCUT2D eigenvalue weighted by molar-refractivity contribution is 5.97. The van der Waals surface area contributed by atoms with Crippen LogP contribution in [0.15, 0.2) is 35.3 Å². The lowest BCUT2D eigenvalue weighted by atomic mass is 10.1. The summed E-state index contributed by atoms with van der Waals surface area (Å²) in [6, 6.07) is 7.59. The SMILES string of the molecule is O=C(Cc1nccc(=O)n1N1CCOCC1)N1CCc2c(N3CCOCC3)cccc21. The molecule has 0 saturated carbocycles. The van der Waals surface area contributed by atoms with Crippen LogP contribution in [0.1, 0.15) is 11.4 Å². The van der Waals surface area contributed by atoms with Gasteiger partial charge in [-0.15, -0.1) is 0 Å². The second-order valence-corrected chi connectivity index (χ2v) is 7.92. The zero-order valence-electron chi connectivity index (χ0n) is 17.5. The molecule has 0 N–H and O–H groups in total. The summed E-state index contributed by atoms with van der Waals surface area (Å²) >= 11 is 0. The van der Waals surface area contributed by atoms with E-state index in [-0.39, 0.29) is 17.9 Å². The average Bonchev–Trinajstić information content (AvgIpc) is 3.25. The standard InChI is InChI=1S/C22H27N5O4/c28-21-4-6-23-20(27(21)25-10-14-31-15-11-25)16-22(29)26-7-5-17-18(2-1-3-19(17)26)24-8-12-30-13-9-24/h1-4,6H,5,7-16H2. The molecule has 2 aromatic rings. The van der Waals surface area contributed by atoms with E-state index in [0.717, 1.165) is 38.4 Å². The van der Waals surface area contributed by atoms with E-state index in [0.29, 0.717) is 38.7 Å². The van der Waals surface area contributed by atoms with Crippen LogP contribution in [0, 0.1) is 0 Å². The van der Waals surface area contributed by atoms with Gasteiger partial charge in [0.15, 0.2) is 0 Å². The van der Waals surface area contributed by atoms with Crippen LogP contribution >= 0.6 is 0 Å². The lowest BCUT2D eigenvalue weighted by Gasteiger charge is -2.31. The summed E-state index contributed by atoms with van der Waals surface area (Å²) in [6.07, 6.45) is 2.39. The van der Waals surface area contributed by atoms with Gasteiger partial charge in [0.05, 0.1) is 45.9 Å². The Hall–Kier alpha value is -2.91. The van der Waals surface area contributed by atoms with Crippen LogP contribution in [-0.2, 0) is 27.1 Å². The third-order valence-corrected chi connectivity index (χ3v) is 6.13. The maximum atomic E-state index is 13.3. The fraction of sp³-hybridized carbons (Fsp3) is 0.500. The van der Waals surface area contributed by atoms with Crippen LogP contribution in [0.2, 0.25) is 0 Å². The Bertz CT molecular complexity index is 1010. The lowest BCUT2D eigenvalue weighted by molar-refractivity contribution is -0.118. The number of morpholine rings is 2. The van der Waals surface area contributed by atoms with Crippen molar-refractivity contribution in [1.29, 1.82) is 0 Å². The minimum atomic E-state index is -0.170. The third-order valence-electron chi connectivity index (χ3n) is 6.13. The molecular formula is C22H27N5O4. The van der Waals surface area contributed by atoms with Crippen molar-refractivity contribution in [2.24, 2.45) is 0 Å². The Morgan fingerprint density at radius 3 is 2.42 bits per heavy atom. The maximum absolute atomic E-state index is 13.3. The summed E-state index contributed by atoms with van der Waals surface area (Å²) in [6.45, 7) is 6.14. The summed E-state index contributed by atoms with van der Waals surface area (Å²) in [4.78, 5) is 34.4. The average molecular weight is 425 g/mol. The van der Waals surface area contributed by atoms with Gasteiger partial charge in [0.2, 0.25) is 5.91 Å². The number of carbonyl (C=O) groups excluding carboxylic acids is 1. The zero-order valence-corrected chi connectivity index (χ0v) is 17.5. The van der Waals surface area contributed by atoms with Crippen molar-refractivity contribution in [3.05, 3.63) is 52.2 Å². The van der Waals surface area contributed by atoms with E-state index in [1.165, 1.54) is 23.5 Å². The van der Waals surface area contributed by atoms with E-state index >= 15 is 0 Å². The second-order valence-electron chi connectivity index (χ2n) is 7.92. The molecule has 9 heteroatoms. The van der Waals surface area contributed by atoms with Crippen LogP contribution in [0.4, 0.5) is 11.4 Å². The number of nitrogens with zero attached hydrogens (tertiary/aromatic N) is 5. The smallest absolute Gasteiger partial charge is 0.272 e. The van der Waals surface area contributed by atoms with Crippen LogP contribution < -0.4 is 20.4 Å². The van der Waals surface area contributed by atoms with Crippen LogP contribution in [0.3, 0.4) is 0 Å². The molecule has 0 bridgehead atoms. The Morgan fingerprint density at radius 1 is 0.935 bits per heavy atom. The molecule has 0 spiro atoms. The molecule has 164 valence electrons. The van der Waals surface area contributed by atoms with Gasteiger partial charge in [-0.3, -0.25) is 9.59 Å². The predicted molar refractivity (Wildman–Crippen MR) is 117 cm³/mol. The Balaban J connectivity index is 1.39. The number of anilines is 2. The van der Waals surface area contributed by atoms with Crippen molar-refractivity contribution in [2.45, 2.75) is 12.8 Å². The molecule has 1 aromatic carbocycles. The highest BCUT2D eigenvalue weighted by atomic mass is 16.5. The molecule has 1 amide bonds. The highest BCUT2D eigenvalue weighted by Crippen LogP contribution is 2.36. The molecule has 0 aliphatic carbocycles. The number of carbonyl (C=O) groups is 1. The van der Waals surface area contributed by atoms with Gasteiger partial charge in [0, 0.05) is 48.8 Å². The van der Waals surface area contributed by atoms with Crippen molar-refractivity contribution >= 4 is 17.3 Å². The van der Waals surface area contributed by atoms with Crippen molar-refractivity contribution < 1.29 is 14.3 Å². The van der Waals surface area contributed by atoms with Gasteiger partial charge in [0.1, 0.15) is 5.82 Å². The number of hydrogen-bond acceptors (Lipinski definition) is 7. The van der Waals surface area contributed by atoms with E-state index in [1.54, 1.807) is 4.68 Å². The number of aromatic nitrogens is 2. The van der Waals surface area contributed by atoms with E-state index in [9.17, 15) is 9.59 Å². The molecule has 2 fully saturated rings. The van der Waals surface area contributed by atoms with Crippen LogP contribution in [0.25, 0.3) is 0 Å². The number of rotatable bonds is 4. The number of amides is 1. The summed E-state index contributed by atoms with van der Waals surface area (Å²) in [5.41, 5.74) is 3.20. The number of hydrogen-bond donors (Lipinski definition) is 0. The van der Waals surface area contributed by atoms with E-state index in [4.69, 9.17) is 9.47 Å². The summed E-state index contributed by atoms with van der Waals surface area (Å²) < 4.78 is 12.4. The van der Waals surface area contributed by atoms with Crippen LogP contribution in [-0.4, -0.2) is 74.7 Å². The number of ether oxygens (including phenoxy) is 2. The van der Waals surface area contributed by atoms with Gasteiger partial charge in [-0.25, -0.2) is 9.66 Å². The molecular weight excluding hydrogens is 398 g/mol. The quantitative estimate of drug-likeness (QED) is 0.691. The van der Waals surface area contributed by atoms with Crippen LogP contribution in [0.5, 0.6) is 0 Å². The van der Waals surface area contributed by atoms with Gasteiger partial charge >= 0.3 is 0 Å². The zero-order chi connectivity index (χ0) is 21.2. The van der Waals surface area contributed by atoms with Gasteiger partial charge in [-0.2, -0.15) is 0 Å². The van der Waals surface area contributed by atoms with Gasteiger partial charge in [-0.1, -0.05) is 6.07 Å². The molecule has 2 saturated heterocycles. The Kier molecular flexibility index (Phi) is 5.61. The molecule has 5 rings (SSSR count). The Labute approximate surface area is 180 Å². The molecule has 0 atom stereocenters. The fourth-order valence-corrected chi connectivity index (χ4v) is 4.62. The first-order valence-electron chi connectivity index (χ1n) is 10.9. The van der Waals surface area contributed by atoms with Crippen molar-refractivity contribution in [3.63, 3.8) is 0 Å². The summed E-state index contributed by atoms with van der Waals surface area (Å²) in [7, 11) is 0. The highest BCUT2D eigenvalue weighted by Gasteiger charge is 2.29. The lowest BCUT2D eigenvalue weighted by Crippen LogP contribution is -2.50. The minimum Gasteiger partial charge on any atom is -0.378 e. The monoisotopic (exact) mass is 425 g/mol. The first-order chi connectivity index (χ1) is 15.2. The van der Waals surface area contributed by atoms with Crippen molar-refractivity contribution in [2.75, 3.05) is 74.0 Å². The third kappa shape index (κ3) is 3.90. The molecule has 4 heterocycles. The van der Waals surface area contributed by atoms with E-state index in [1.807, 2.05) is 22.0 Å². The minimum absolute atomic E-state index is 0.0435. The summed E-state index contributed by atoms with van der Waals surface area (Å²) in [5, 5.41) is 1.91. The van der Waals surface area contributed by atoms with E-state index < -0.39 is 0 Å². The van der Waals surface area contributed by atoms with Gasteiger partial charge in [-0.05, 0) is 18.6 Å². The summed E-state index contributed by atoms with van der Waals surface area (Å²) in [5.74, 6) is 0.426. The number of benzene rings is 1. The largest absolute Gasteiger partial charge is 0.378 e. The van der Waals surface area contributed by atoms with Gasteiger partial charge < -0.3 is 24.3 Å². The molecule has 31 heavy (non-hydrogen) atoms. The molecule has 3 aliphatic heterocycles. The first-order valence-corrected chi connectivity index (χ1v) is 10.9. The molecule has 0 unspecified atom stereocenters. The maximum Gasteiger partial charge on any atom is 0.272 e. The van der Waals surface area contributed by atoms with Gasteiger partial charge in [0.25, 0.3) is 5.56 Å². The first kappa shape index (κ1) is 20.0. The molecule has 3 aliphatic rings. The molecule has 9 nitrogen and oxygen atoms in total. The second kappa shape index (κ2) is 8.68.